The average molecular weight is 452 g/mol. The number of alkyl halides is 3. The Balaban J connectivity index is 1.99. The summed E-state index contributed by atoms with van der Waals surface area (Å²) in [6.45, 7) is 5.85. The molecule has 1 aromatic heterocycles. The number of halogens is 4. The highest BCUT2D eigenvalue weighted by molar-refractivity contribution is 7.89. The molecule has 1 fully saturated rings. The molecule has 29 heavy (non-hydrogen) atoms. The molecule has 2 aromatic rings. The smallest absolute Gasteiger partial charge is 0.416 e. The van der Waals surface area contributed by atoms with Crippen LogP contribution in [0.3, 0.4) is 0 Å². The molecular formula is C18H21ClF3N3O3S. The molecule has 0 saturated carbocycles. The van der Waals surface area contributed by atoms with E-state index < -0.39 is 38.2 Å². The van der Waals surface area contributed by atoms with Gasteiger partial charge in [-0.25, -0.2) is 8.42 Å². The Hall–Kier alpha value is -1.65. The van der Waals surface area contributed by atoms with Gasteiger partial charge in [-0.1, -0.05) is 38.8 Å². The summed E-state index contributed by atoms with van der Waals surface area (Å²) in [6, 6.07) is 1.52. The quantitative estimate of drug-likeness (QED) is 0.659. The molecule has 0 radical (unpaired) electrons. The van der Waals surface area contributed by atoms with Crippen LogP contribution in [0.1, 0.15) is 63.4 Å². The highest BCUT2D eigenvalue weighted by Crippen LogP contribution is 2.39. The van der Waals surface area contributed by atoms with E-state index in [1.54, 1.807) is 0 Å². The van der Waals surface area contributed by atoms with E-state index in [1.165, 1.54) is 4.31 Å². The van der Waals surface area contributed by atoms with Gasteiger partial charge < -0.3 is 4.42 Å². The number of aromatic nitrogens is 2. The van der Waals surface area contributed by atoms with Crippen LogP contribution >= 0.6 is 11.6 Å². The van der Waals surface area contributed by atoms with Gasteiger partial charge in [-0.3, -0.25) is 0 Å². The minimum atomic E-state index is -4.62. The van der Waals surface area contributed by atoms with Crippen molar-refractivity contribution in [3.8, 4) is 0 Å². The largest absolute Gasteiger partial charge is 0.423 e. The number of hydrogen-bond acceptors (Lipinski definition) is 5. The van der Waals surface area contributed by atoms with Crippen molar-refractivity contribution in [1.29, 1.82) is 0 Å². The molecule has 1 aromatic carbocycles. The number of piperidine rings is 1. The van der Waals surface area contributed by atoms with Gasteiger partial charge in [-0.15, -0.1) is 10.2 Å². The van der Waals surface area contributed by atoms with Crippen LogP contribution in [0.25, 0.3) is 0 Å². The van der Waals surface area contributed by atoms with E-state index in [9.17, 15) is 21.6 Å². The molecule has 0 N–H and O–H groups in total. The highest BCUT2D eigenvalue weighted by atomic mass is 35.5. The zero-order chi connectivity index (χ0) is 21.6. The Morgan fingerprint density at radius 3 is 2.41 bits per heavy atom. The Bertz CT molecular complexity index is 1000. The first-order valence-corrected chi connectivity index (χ1v) is 10.9. The van der Waals surface area contributed by atoms with Crippen LogP contribution in [0.5, 0.6) is 0 Å². The Labute approximate surface area is 172 Å². The molecule has 6 nitrogen and oxygen atoms in total. The maximum atomic E-state index is 13.2. The third-order valence-corrected chi connectivity index (χ3v) is 7.06. The molecule has 0 bridgehead atoms. The van der Waals surface area contributed by atoms with Gasteiger partial charge in [0.15, 0.2) is 0 Å². The van der Waals surface area contributed by atoms with Gasteiger partial charge in [0.2, 0.25) is 21.8 Å². The van der Waals surface area contributed by atoms with E-state index in [4.69, 9.17) is 16.0 Å². The predicted octanol–water partition coefficient (Wildman–Crippen LogP) is 4.96. The lowest BCUT2D eigenvalue weighted by Crippen LogP contribution is -2.38. The maximum absolute atomic E-state index is 13.2. The van der Waals surface area contributed by atoms with Crippen LogP contribution in [0.2, 0.25) is 5.02 Å². The summed E-state index contributed by atoms with van der Waals surface area (Å²) >= 11 is 5.94. The molecule has 2 heterocycles. The molecule has 0 aliphatic carbocycles. The van der Waals surface area contributed by atoms with Gasteiger partial charge in [-0.05, 0) is 31.0 Å². The van der Waals surface area contributed by atoms with Gasteiger partial charge in [0.25, 0.3) is 0 Å². The lowest BCUT2D eigenvalue weighted by molar-refractivity contribution is -0.137. The zero-order valence-corrected chi connectivity index (χ0v) is 17.7. The van der Waals surface area contributed by atoms with Crippen LogP contribution in [0.4, 0.5) is 13.2 Å². The maximum Gasteiger partial charge on any atom is 0.416 e. The molecule has 1 atom stereocenters. The van der Waals surface area contributed by atoms with E-state index in [1.807, 2.05) is 20.8 Å². The number of rotatable bonds is 3. The van der Waals surface area contributed by atoms with Crippen molar-refractivity contribution in [3.05, 3.63) is 40.6 Å². The highest BCUT2D eigenvalue weighted by Gasteiger charge is 2.40. The SMILES string of the molecule is CC(C)(C)c1nnc(C2CCCCN2S(=O)(=O)c2ccc(C(F)(F)F)cc2Cl)o1. The Morgan fingerprint density at radius 2 is 1.86 bits per heavy atom. The second kappa shape index (κ2) is 7.55. The average Bonchev–Trinajstić information content (AvgIpc) is 3.11. The second-order valence-electron chi connectivity index (χ2n) is 7.97. The van der Waals surface area contributed by atoms with Gasteiger partial charge in [-0.2, -0.15) is 17.5 Å². The van der Waals surface area contributed by atoms with Crippen LogP contribution in [0.15, 0.2) is 27.5 Å². The number of benzene rings is 1. The zero-order valence-electron chi connectivity index (χ0n) is 16.1. The van der Waals surface area contributed by atoms with Gasteiger partial charge in [0.05, 0.1) is 10.6 Å². The van der Waals surface area contributed by atoms with Crippen LogP contribution in [0, 0.1) is 0 Å². The van der Waals surface area contributed by atoms with Gasteiger partial charge in [0.1, 0.15) is 10.9 Å². The molecule has 11 heteroatoms. The van der Waals surface area contributed by atoms with E-state index in [0.717, 1.165) is 12.5 Å². The molecule has 160 valence electrons. The number of nitrogens with zero attached hydrogens (tertiary/aromatic N) is 3. The third-order valence-electron chi connectivity index (χ3n) is 4.67. The summed E-state index contributed by atoms with van der Waals surface area (Å²) in [4.78, 5) is -0.380. The summed E-state index contributed by atoms with van der Waals surface area (Å²) in [5.74, 6) is 0.546. The summed E-state index contributed by atoms with van der Waals surface area (Å²) in [5.41, 5.74) is -1.41. The molecule has 0 spiro atoms. The van der Waals surface area contributed by atoms with E-state index in [2.05, 4.69) is 10.2 Å². The van der Waals surface area contributed by atoms with Crippen molar-refractivity contribution in [3.63, 3.8) is 0 Å². The van der Waals surface area contributed by atoms with Crippen molar-refractivity contribution < 1.29 is 26.0 Å². The monoisotopic (exact) mass is 451 g/mol. The fourth-order valence-corrected chi connectivity index (χ4v) is 5.30. The Morgan fingerprint density at radius 1 is 1.17 bits per heavy atom. The first-order chi connectivity index (χ1) is 13.3. The fraction of sp³-hybridized carbons (Fsp3) is 0.556. The lowest BCUT2D eigenvalue weighted by atomic mass is 9.97. The van der Waals surface area contributed by atoms with Crippen molar-refractivity contribution in [2.75, 3.05) is 6.54 Å². The molecule has 1 aliphatic heterocycles. The Kier molecular flexibility index (Phi) is 5.74. The molecule has 1 aliphatic rings. The molecule has 1 saturated heterocycles. The molecule has 0 amide bonds. The molecule has 3 rings (SSSR count). The summed E-state index contributed by atoms with van der Waals surface area (Å²) < 4.78 is 72.0. The summed E-state index contributed by atoms with van der Waals surface area (Å²) in [7, 11) is -4.17. The second-order valence-corrected chi connectivity index (χ2v) is 10.2. The first-order valence-electron chi connectivity index (χ1n) is 9.04. The minimum Gasteiger partial charge on any atom is -0.423 e. The topological polar surface area (TPSA) is 76.3 Å². The van der Waals surface area contributed by atoms with E-state index in [0.29, 0.717) is 30.9 Å². The minimum absolute atomic E-state index is 0.168. The standard InChI is InChI=1S/C18H21ClF3N3O3S/c1-17(2,3)16-24-23-15(28-16)13-6-4-5-9-25(13)29(26,27)14-8-7-11(10-12(14)19)18(20,21)22/h7-8,10,13H,4-6,9H2,1-3H3. The van der Waals surface area contributed by atoms with E-state index in [-0.39, 0.29) is 17.3 Å². The number of sulfonamides is 1. The van der Waals surface area contributed by atoms with Gasteiger partial charge in [0, 0.05) is 12.0 Å². The number of hydrogen-bond donors (Lipinski definition) is 0. The van der Waals surface area contributed by atoms with Crippen molar-refractivity contribution >= 4 is 21.6 Å². The normalized spacial score (nSPS) is 19.5. The fourth-order valence-electron chi connectivity index (χ4n) is 3.12. The predicted molar refractivity (Wildman–Crippen MR) is 99.9 cm³/mol. The summed E-state index contributed by atoms with van der Waals surface area (Å²) in [5, 5.41) is 7.57. The summed E-state index contributed by atoms with van der Waals surface area (Å²) in [6.07, 6.45) is -2.80. The first kappa shape index (κ1) is 22.0. The molecule has 1 unspecified atom stereocenters. The van der Waals surface area contributed by atoms with Crippen LogP contribution in [-0.4, -0.2) is 29.5 Å². The molecular weight excluding hydrogens is 431 g/mol. The van der Waals surface area contributed by atoms with E-state index >= 15 is 0 Å². The van der Waals surface area contributed by atoms with Crippen molar-refractivity contribution in [2.24, 2.45) is 0 Å². The van der Waals surface area contributed by atoms with Gasteiger partial charge >= 0.3 is 6.18 Å². The third kappa shape index (κ3) is 4.44. The van der Waals surface area contributed by atoms with Crippen LogP contribution < -0.4 is 0 Å². The van der Waals surface area contributed by atoms with Crippen molar-refractivity contribution in [2.45, 2.75) is 62.6 Å². The van der Waals surface area contributed by atoms with Crippen molar-refractivity contribution in [1.82, 2.24) is 14.5 Å². The van der Waals surface area contributed by atoms with Crippen LogP contribution in [-0.2, 0) is 21.6 Å². The lowest BCUT2D eigenvalue weighted by Gasteiger charge is -2.32.